The third-order valence-electron chi connectivity index (χ3n) is 2.04. The summed E-state index contributed by atoms with van der Waals surface area (Å²) >= 11 is 0. The van der Waals surface area contributed by atoms with Gasteiger partial charge in [0.1, 0.15) is 0 Å². The maximum atomic E-state index is 13.1. The molecule has 0 N–H and O–H groups in total. The molecular formula is C8H8BF4-. The van der Waals surface area contributed by atoms with Gasteiger partial charge in [0, 0.05) is 0 Å². The lowest BCUT2D eigenvalue weighted by Crippen LogP contribution is -2.37. The third kappa shape index (κ3) is 1.84. The van der Waals surface area contributed by atoms with Gasteiger partial charge < -0.3 is 12.9 Å². The Morgan fingerprint density at radius 3 is 2.08 bits per heavy atom. The van der Waals surface area contributed by atoms with Crippen LogP contribution in [0.15, 0.2) is 12.1 Å². The molecule has 0 aromatic heterocycles. The Balaban J connectivity index is 3.35. The second kappa shape index (κ2) is 3.05. The van der Waals surface area contributed by atoms with Crippen molar-refractivity contribution < 1.29 is 17.3 Å². The van der Waals surface area contributed by atoms with E-state index in [1.807, 2.05) is 0 Å². The maximum Gasteiger partial charge on any atom is 0.512 e. The average molecular weight is 191 g/mol. The van der Waals surface area contributed by atoms with Crippen molar-refractivity contribution in [3.63, 3.8) is 0 Å². The zero-order chi connectivity index (χ0) is 10.2. The molecule has 0 fully saturated rings. The van der Waals surface area contributed by atoms with Crippen LogP contribution in [-0.2, 0) is 0 Å². The van der Waals surface area contributed by atoms with E-state index in [4.69, 9.17) is 0 Å². The van der Waals surface area contributed by atoms with E-state index < -0.39 is 18.3 Å². The van der Waals surface area contributed by atoms with E-state index in [-0.39, 0.29) is 5.56 Å². The predicted molar refractivity (Wildman–Crippen MR) is 44.6 cm³/mol. The SMILES string of the molecule is Cc1ccc([B-](F)(F)F)c(F)c1C. The number of aryl methyl sites for hydroxylation is 1. The zero-order valence-electron chi connectivity index (χ0n) is 7.24. The van der Waals surface area contributed by atoms with Crippen LogP contribution in [0.4, 0.5) is 17.3 Å². The van der Waals surface area contributed by atoms with Crippen LogP contribution < -0.4 is 5.46 Å². The van der Waals surface area contributed by atoms with Crippen molar-refractivity contribution in [3.05, 3.63) is 29.1 Å². The molecule has 13 heavy (non-hydrogen) atoms. The Labute approximate surface area is 73.6 Å². The van der Waals surface area contributed by atoms with Crippen LogP contribution in [0.25, 0.3) is 0 Å². The van der Waals surface area contributed by atoms with E-state index in [1.54, 1.807) is 6.92 Å². The van der Waals surface area contributed by atoms with Crippen molar-refractivity contribution in [2.45, 2.75) is 13.8 Å². The van der Waals surface area contributed by atoms with Crippen LogP contribution in [0.5, 0.6) is 0 Å². The molecule has 0 atom stereocenters. The quantitative estimate of drug-likeness (QED) is 0.472. The largest absolute Gasteiger partial charge is 0.512 e. The van der Waals surface area contributed by atoms with E-state index in [0.29, 0.717) is 5.56 Å². The first-order chi connectivity index (χ1) is 5.84. The van der Waals surface area contributed by atoms with Crippen molar-refractivity contribution in [2.75, 3.05) is 0 Å². The Morgan fingerprint density at radius 2 is 1.62 bits per heavy atom. The third-order valence-corrected chi connectivity index (χ3v) is 2.04. The highest BCUT2D eigenvalue weighted by Gasteiger charge is 2.29. The lowest BCUT2D eigenvalue weighted by atomic mass is 9.78. The highest BCUT2D eigenvalue weighted by molar-refractivity contribution is 6.73. The summed E-state index contributed by atoms with van der Waals surface area (Å²) in [6.07, 6.45) is 0. The number of rotatable bonds is 1. The Kier molecular flexibility index (Phi) is 2.37. The topological polar surface area (TPSA) is 0 Å². The molecule has 0 saturated heterocycles. The fraction of sp³-hybridized carbons (Fsp3) is 0.250. The molecule has 0 saturated carbocycles. The smallest absolute Gasteiger partial charge is 0.445 e. The van der Waals surface area contributed by atoms with E-state index in [1.165, 1.54) is 13.0 Å². The van der Waals surface area contributed by atoms with Crippen LogP contribution in [0.1, 0.15) is 11.1 Å². The molecule has 1 aromatic carbocycles. The van der Waals surface area contributed by atoms with Crippen LogP contribution in [0.2, 0.25) is 0 Å². The van der Waals surface area contributed by atoms with Crippen molar-refractivity contribution in [3.8, 4) is 0 Å². The van der Waals surface area contributed by atoms with Gasteiger partial charge in [-0.3, -0.25) is 0 Å². The number of hydrogen-bond donors (Lipinski definition) is 0. The second-order valence-electron chi connectivity index (χ2n) is 2.99. The van der Waals surface area contributed by atoms with Gasteiger partial charge in [-0.1, -0.05) is 17.6 Å². The van der Waals surface area contributed by atoms with Crippen molar-refractivity contribution in [1.29, 1.82) is 0 Å². The summed E-state index contributed by atoms with van der Waals surface area (Å²) in [5.41, 5.74) is -0.541. The van der Waals surface area contributed by atoms with Crippen LogP contribution in [0.3, 0.4) is 0 Å². The molecular weight excluding hydrogens is 183 g/mol. The summed E-state index contributed by atoms with van der Waals surface area (Å²) in [6.45, 7) is -2.32. The second-order valence-corrected chi connectivity index (χ2v) is 2.99. The standard InChI is InChI=1S/C8H8BF4/c1-5-3-4-7(9(11,12)13)8(10)6(5)2/h3-4H,1-2H3/q-1. The maximum absolute atomic E-state index is 13.1. The van der Waals surface area contributed by atoms with Gasteiger partial charge in [0.05, 0.1) is 5.82 Å². The van der Waals surface area contributed by atoms with E-state index in [9.17, 15) is 17.3 Å². The van der Waals surface area contributed by atoms with Gasteiger partial charge in [-0.2, -0.15) is 0 Å². The first-order valence-corrected chi connectivity index (χ1v) is 3.79. The van der Waals surface area contributed by atoms with E-state index in [0.717, 1.165) is 6.07 Å². The summed E-state index contributed by atoms with van der Waals surface area (Å²) < 4.78 is 49.6. The molecule has 0 aliphatic carbocycles. The summed E-state index contributed by atoms with van der Waals surface area (Å²) in [6, 6.07) is 2.07. The monoisotopic (exact) mass is 191 g/mol. The lowest BCUT2D eigenvalue weighted by Gasteiger charge is -2.17. The zero-order valence-corrected chi connectivity index (χ0v) is 7.24. The highest BCUT2D eigenvalue weighted by atomic mass is 19.4. The van der Waals surface area contributed by atoms with Crippen LogP contribution in [0, 0.1) is 19.7 Å². The van der Waals surface area contributed by atoms with Crippen LogP contribution in [-0.4, -0.2) is 6.98 Å². The summed E-state index contributed by atoms with van der Waals surface area (Å²) in [7, 11) is 0. The fourth-order valence-electron chi connectivity index (χ4n) is 1.06. The van der Waals surface area contributed by atoms with Crippen molar-refractivity contribution >= 4 is 12.4 Å². The van der Waals surface area contributed by atoms with Gasteiger partial charge in [0.2, 0.25) is 0 Å². The first kappa shape index (κ1) is 10.1. The van der Waals surface area contributed by atoms with Gasteiger partial charge in [0.25, 0.3) is 0 Å². The Morgan fingerprint density at radius 1 is 1.08 bits per heavy atom. The molecule has 0 nitrogen and oxygen atoms in total. The molecule has 0 radical (unpaired) electrons. The molecule has 72 valence electrons. The molecule has 0 bridgehead atoms. The van der Waals surface area contributed by atoms with Gasteiger partial charge >= 0.3 is 6.98 Å². The van der Waals surface area contributed by atoms with Crippen molar-refractivity contribution in [1.82, 2.24) is 0 Å². The summed E-state index contributed by atoms with van der Waals surface area (Å²) in [5, 5.41) is 0. The minimum Gasteiger partial charge on any atom is -0.445 e. The number of benzene rings is 1. The highest BCUT2D eigenvalue weighted by Crippen LogP contribution is 2.16. The lowest BCUT2D eigenvalue weighted by molar-refractivity contribution is 0.493. The molecule has 0 aliphatic heterocycles. The molecule has 0 unspecified atom stereocenters. The normalized spacial score (nSPS) is 11.8. The van der Waals surface area contributed by atoms with Gasteiger partial charge in [-0.25, -0.2) is 4.39 Å². The molecule has 0 amide bonds. The molecule has 0 spiro atoms. The van der Waals surface area contributed by atoms with Gasteiger partial charge in [0.15, 0.2) is 0 Å². The van der Waals surface area contributed by atoms with Gasteiger partial charge in [-0.05, 0) is 25.0 Å². The number of hydrogen-bond acceptors (Lipinski definition) is 0. The molecule has 0 aliphatic rings. The minimum absolute atomic E-state index is 0.0664. The number of halogens is 4. The van der Waals surface area contributed by atoms with Crippen molar-refractivity contribution in [2.24, 2.45) is 0 Å². The summed E-state index contributed by atoms with van der Waals surface area (Å²) in [4.78, 5) is 0. The Hall–Kier alpha value is -0.995. The predicted octanol–water partition coefficient (Wildman–Crippen LogP) is 2.50. The molecule has 1 rings (SSSR count). The fourth-order valence-corrected chi connectivity index (χ4v) is 1.06. The summed E-state index contributed by atoms with van der Waals surface area (Å²) in [5.74, 6) is -1.15. The first-order valence-electron chi connectivity index (χ1n) is 3.79. The molecule has 1 aromatic rings. The Bertz CT molecular complexity index is 330. The minimum atomic E-state index is -5.24. The molecule has 0 heterocycles. The van der Waals surface area contributed by atoms with E-state index in [2.05, 4.69) is 0 Å². The van der Waals surface area contributed by atoms with Crippen LogP contribution >= 0.6 is 0 Å². The molecule has 5 heteroatoms. The van der Waals surface area contributed by atoms with E-state index >= 15 is 0 Å². The van der Waals surface area contributed by atoms with Gasteiger partial charge in [-0.15, -0.1) is 0 Å². The average Bonchev–Trinajstić information content (AvgIpc) is 1.98.